The summed E-state index contributed by atoms with van der Waals surface area (Å²) < 4.78 is 2.17. The standard InChI is InChI=1S/C19H24ClN5O/c20-18-23-16(19(10-6-11-22-19)9-4-1-5-12-26)15-17(24-18)25(13-21-15)14-7-2-3-8-14/h6,10-11,13-14,26H,1-5,7-9,12H2. The van der Waals surface area contributed by atoms with Crippen molar-refractivity contribution in [3.8, 4) is 0 Å². The van der Waals surface area contributed by atoms with Gasteiger partial charge >= 0.3 is 0 Å². The highest BCUT2D eigenvalue weighted by molar-refractivity contribution is 6.28. The fourth-order valence-corrected chi connectivity index (χ4v) is 4.32. The van der Waals surface area contributed by atoms with Gasteiger partial charge in [0.05, 0.1) is 6.33 Å². The molecule has 2 aromatic rings. The van der Waals surface area contributed by atoms with E-state index in [1.54, 1.807) is 0 Å². The summed E-state index contributed by atoms with van der Waals surface area (Å²) in [6, 6.07) is 0.446. The van der Waals surface area contributed by atoms with E-state index in [1.807, 2.05) is 18.6 Å². The molecular weight excluding hydrogens is 350 g/mol. The summed E-state index contributed by atoms with van der Waals surface area (Å²) in [6.45, 7) is 0.224. The Morgan fingerprint density at radius 2 is 2.04 bits per heavy atom. The van der Waals surface area contributed by atoms with Crippen molar-refractivity contribution < 1.29 is 5.11 Å². The van der Waals surface area contributed by atoms with Crippen molar-refractivity contribution >= 4 is 29.0 Å². The van der Waals surface area contributed by atoms with Crippen LogP contribution in [0.2, 0.25) is 5.28 Å². The number of aromatic nitrogens is 4. The predicted octanol–water partition coefficient (Wildman–Crippen LogP) is 3.98. The van der Waals surface area contributed by atoms with Crippen molar-refractivity contribution in [2.75, 3.05) is 6.61 Å². The molecule has 1 aliphatic carbocycles. The lowest BCUT2D eigenvalue weighted by atomic mass is 9.89. The molecule has 0 spiro atoms. The first-order chi connectivity index (χ1) is 12.7. The monoisotopic (exact) mass is 373 g/mol. The maximum atomic E-state index is 9.03. The van der Waals surface area contributed by atoms with Crippen LogP contribution in [0.1, 0.15) is 63.1 Å². The Morgan fingerprint density at radius 1 is 1.19 bits per heavy atom. The molecule has 1 saturated carbocycles. The number of hydrogen-bond donors (Lipinski definition) is 1. The van der Waals surface area contributed by atoms with Crippen LogP contribution >= 0.6 is 11.6 Å². The molecule has 1 fully saturated rings. The second-order valence-corrected chi connectivity index (χ2v) is 7.54. The van der Waals surface area contributed by atoms with E-state index in [1.165, 1.54) is 12.8 Å². The number of nitrogens with zero attached hydrogens (tertiary/aromatic N) is 5. The van der Waals surface area contributed by atoms with Crippen LogP contribution in [-0.4, -0.2) is 37.4 Å². The summed E-state index contributed by atoms with van der Waals surface area (Å²) in [5.41, 5.74) is 1.87. The first-order valence-corrected chi connectivity index (χ1v) is 9.86. The SMILES string of the molecule is OCCCCCC1(c2nc(Cl)nc3c2ncn3C2CCCC2)C=CC=N1. The van der Waals surface area contributed by atoms with Gasteiger partial charge in [0.25, 0.3) is 0 Å². The fourth-order valence-electron chi connectivity index (χ4n) is 4.15. The van der Waals surface area contributed by atoms with E-state index >= 15 is 0 Å². The molecule has 2 aliphatic rings. The molecule has 0 amide bonds. The van der Waals surface area contributed by atoms with Crippen LogP contribution in [0.3, 0.4) is 0 Å². The highest BCUT2D eigenvalue weighted by Gasteiger charge is 2.35. The molecule has 138 valence electrons. The average molecular weight is 374 g/mol. The average Bonchev–Trinajstić information content (AvgIpc) is 3.38. The minimum atomic E-state index is -0.533. The Morgan fingerprint density at radius 3 is 2.77 bits per heavy atom. The maximum Gasteiger partial charge on any atom is 0.224 e. The highest BCUT2D eigenvalue weighted by Crippen LogP contribution is 2.39. The summed E-state index contributed by atoms with van der Waals surface area (Å²) in [5, 5.41) is 9.28. The topological polar surface area (TPSA) is 76.2 Å². The first kappa shape index (κ1) is 17.6. The van der Waals surface area contributed by atoms with Crippen molar-refractivity contribution in [1.29, 1.82) is 0 Å². The van der Waals surface area contributed by atoms with Gasteiger partial charge in [0.2, 0.25) is 5.28 Å². The minimum absolute atomic E-state index is 0.224. The molecule has 0 radical (unpaired) electrons. The van der Waals surface area contributed by atoms with Crippen LogP contribution in [0.25, 0.3) is 11.2 Å². The van der Waals surface area contributed by atoms with Gasteiger partial charge in [-0.05, 0) is 49.4 Å². The summed E-state index contributed by atoms with van der Waals surface area (Å²) in [6.07, 6.45) is 16.1. The van der Waals surface area contributed by atoms with Gasteiger partial charge < -0.3 is 9.67 Å². The number of aliphatic hydroxyl groups is 1. The van der Waals surface area contributed by atoms with Crippen LogP contribution in [0.4, 0.5) is 0 Å². The Balaban J connectivity index is 1.74. The molecule has 4 rings (SSSR count). The highest BCUT2D eigenvalue weighted by atomic mass is 35.5. The zero-order valence-corrected chi connectivity index (χ0v) is 15.6. The van der Waals surface area contributed by atoms with E-state index in [4.69, 9.17) is 21.7 Å². The van der Waals surface area contributed by atoms with Gasteiger partial charge in [-0.2, -0.15) is 4.98 Å². The van der Waals surface area contributed by atoms with Crippen LogP contribution in [-0.2, 0) is 5.54 Å². The van der Waals surface area contributed by atoms with E-state index < -0.39 is 5.54 Å². The smallest absolute Gasteiger partial charge is 0.224 e. The fraction of sp³-hybridized carbons (Fsp3) is 0.579. The third-order valence-corrected chi connectivity index (χ3v) is 5.67. The van der Waals surface area contributed by atoms with Gasteiger partial charge in [0, 0.05) is 18.9 Å². The molecular formula is C19H24ClN5O. The van der Waals surface area contributed by atoms with Crippen LogP contribution in [0.5, 0.6) is 0 Å². The summed E-state index contributed by atoms with van der Waals surface area (Å²) in [5.74, 6) is 0. The van der Waals surface area contributed by atoms with Crippen LogP contribution < -0.4 is 0 Å². The lowest BCUT2D eigenvalue weighted by molar-refractivity contribution is 0.280. The number of fused-ring (bicyclic) bond motifs is 1. The van der Waals surface area contributed by atoms with Crippen molar-refractivity contribution in [2.45, 2.75) is 62.9 Å². The summed E-state index contributed by atoms with van der Waals surface area (Å²) in [7, 11) is 0. The van der Waals surface area contributed by atoms with Crippen molar-refractivity contribution in [1.82, 2.24) is 19.5 Å². The molecule has 1 N–H and O–H groups in total. The molecule has 7 heteroatoms. The Bertz CT molecular complexity index is 826. The van der Waals surface area contributed by atoms with E-state index in [0.29, 0.717) is 6.04 Å². The molecule has 1 aliphatic heterocycles. The lowest BCUT2D eigenvalue weighted by Crippen LogP contribution is -2.22. The van der Waals surface area contributed by atoms with E-state index in [9.17, 15) is 0 Å². The van der Waals surface area contributed by atoms with Crippen LogP contribution in [0.15, 0.2) is 23.5 Å². The first-order valence-electron chi connectivity index (χ1n) is 9.48. The minimum Gasteiger partial charge on any atom is -0.396 e. The Kier molecular flexibility index (Phi) is 5.05. The zero-order valence-electron chi connectivity index (χ0n) is 14.8. The molecule has 1 unspecified atom stereocenters. The van der Waals surface area contributed by atoms with Crippen molar-refractivity contribution in [3.63, 3.8) is 0 Å². The molecule has 6 nitrogen and oxygen atoms in total. The normalized spacial score (nSPS) is 22.8. The number of hydrogen-bond acceptors (Lipinski definition) is 5. The third-order valence-electron chi connectivity index (χ3n) is 5.50. The number of aliphatic hydroxyl groups excluding tert-OH is 1. The van der Waals surface area contributed by atoms with Gasteiger partial charge in [-0.25, -0.2) is 9.97 Å². The quantitative estimate of drug-likeness (QED) is 0.588. The van der Waals surface area contributed by atoms with Gasteiger partial charge in [0.1, 0.15) is 16.7 Å². The lowest BCUT2D eigenvalue weighted by Gasteiger charge is -2.24. The molecule has 0 aromatic carbocycles. The molecule has 0 saturated heterocycles. The number of unbranched alkanes of at least 4 members (excludes halogenated alkanes) is 2. The molecule has 3 heterocycles. The second kappa shape index (κ2) is 7.45. The Labute approximate surface area is 158 Å². The van der Waals surface area contributed by atoms with Crippen molar-refractivity contribution in [2.24, 2.45) is 4.99 Å². The van der Waals surface area contributed by atoms with Gasteiger partial charge in [-0.15, -0.1) is 0 Å². The number of rotatable bonds is 7. The maximum absolute atomic E-state index is 9.03. The van der Waals surface area contributed by atoms with Gasteiger partial charge in [-0.3, -0.25) is 4.99 Å². The Hall–Kier alpha value is -1.79. The number of halogens is 1. The third kappa shape index (κ3) is 3.16. The zero-order chi connectivity index (χ0) is 18.0. The second-order valence-electron chi connectivity index (χ2n) is 7.20. The van der Waals surface area contributed by atoms with Crippen molar-refractivity contribution in [3.05, 3.63) is 29.5 Å². The predicted molar refractivity (Wildman–Crippen MR) is 103 cm³/mol. The summed E-state index contributed by atoms with van der Waals surface area (Å²) in [4.78, 5) is 18.5. The van der Waals surface area contributed by atoms with Gasteiger partial charge in [0.15, 0.2) is 5.65 Å². The largest absolute Gasteiger partial charge is 0.396 e. The molecule has 1 atom stereocenters. The van der Waals surface area contributed by atoms with E-state index in [2.05, 4.69) is 25.6 Å². The van der Waals surface area contributed by atoms with E-state index in [-0.39, 0.29) is 11.9 Å². The van der Waals surface area contributed by atoms with Crippen LogP contribution in [0, 0.1) is 0 Å². The summed E-state index contributed by atoms with van der Waals surface area (Å²) >= 11 is 6.31. The molecule has 26 heavy (non-hydrogen) atoms. The number of imidazole rings is 1. The molecule has 2 aromatic heterocycles. The number of allylic oxidation sites excluding steroid dienone is 1. The molecule has 0 bridgehead atoms. The van der Waals surface area contributed by atoms with Gasteiger partial charge in [-0.1, -0.05) is 25.7 Å². The van der Waals surface area contributed by atoms with E-state index in [0.717, 1.165) is 55.4 Å². The number of aliphatic imine (C=N–C) groups is 1.